The van der Waals surface area contributed by atoms with E-state index in [1.54, 1.807) is 7.05 Å². The van der Waals surface area contributed by atoms with Gasteiger partial charge in [-0.2, -0.15) is 0 Å². The molecule has 0 aromatic heterocycles. The molecule has 0 fully saturated rings. The van der Waals surface area contributed by atoms with Crippen LogP contribution in [-0.4, -0.2) is 47.5 Å². The Balaban J connectivity index is 2.39. The predicted molar refractivity (Wildman–Crippen MR) is 105 cm³/mol. The molecular formula is C19H20N2O7S. The van der Waals surface area contributed by atoms with E-state index in [-0.39, 0.29) is 27.6 Å². The summed E-state index contributed by atoms with van der Waals surface area (Å²) < 4.78 is 37.0. The molecule has 9 nitrogen and oxygen atoms in total. The van der Waals surface area contributed by atoms with E-state index in [4.69, 9.17) is 0 Å². The van der Waals surface area contributed by atoms with Gasteiger partial charge in [0.2, 0.25) is 5.91 Å². The fraction of sp³-hybridized carbons (Fsp3) is 0.211. The van der Waals surface area contributed by atoms with Gasteiger partial charge in [0.25, 0.3) is 10.0 Å². The monoisotopic (exact) mass is 420 g/mol. The number of benzene rings is 2. The number of anilines is 2. The summed E-state index contributed by atoms with van der Waals surface area (Å²) in [6, 6.07) is 9.37. The van der Waals surface area contributed by atoms with Gasteiger partial charge < -0.3 is 14.4 Å². The Labute approximate surface area is 168 Å². The van der Waals surface area contributed by atoms with Gasteiger partial charge in [-0.3, -0.25) is 9.52 Å². The molecule has 10 heteroatoms. The Morgan fingerprint density at radius 1 is 0.897 bits per heavy atom. The fourth-order valence-electron chi connectivity index (χ4n) is 2.40. The fourth-order valence-corrected chi connectivity index (χ4v) is 3.44. The van der Waals surface area contributed by atoms with Gasteiger partial charge in [0.15, 0.2) is 0 Å². The molecule has 0 unspecified atom stereocenters. The summed E-state index contributed by atoms with van der Waals surface area (Å²) in [5, 5.41) is 0. The van der Waals surface area contributed by atoms with Crippen LogP contribution in [0.5, 0.6) is 0 Å². The third-order valence-electron chi connectivity index (χ3n) is 4.03. The maximum Gasteiger partial charge on any atom is 0.337 e. The van der Waals surface area contributed by atoms with Crippen LogP contribution in [0, 0.1) is 0 Å². The van der Waals surface area contributed by atoms with Crippen LogP contribution in [0.25, 0.3) is 0 Å². The van der Waals surface area contributed by atoms with E-state index in [1.807, 2.05) is 0 Å². The number of nitrogens with one attached hydrogen (secondary N) is 1. The minimum atomic E-state index is -4.03. The van der Waals surface area contributed by atoms with Crippen molar-refractivity contribution in [2.75, 3.05) is 30.9 Å². The summed E-state index contributed by atoms with van der Waals surface area (Å²) in [5.41, 5.74) is 0.466. The van der Waals surface area contributed by atoms with Crippen molar-refractivity contribution in [3.05, 3.63) is 53.6 Å². The first kappa shape index (κ1) is 21.9. The second-order valence-corrected chi connectivity index (χ2v) is 7.64. The van der Waals surface area contributed by atoms with E-state index in [1.165, 1.54) is 54.3 Å². The number of methoxy groups -OCH3 is 2. The molecule has 1 amide bonds. The van der Waals surface area contributed by atoms with Gasteiger partial charge in [-0.15, -0.1) is 0 Å². The summed E-state index contributed by atoms with van der Waals surface area (Å²) in [6.07, 6.45) is 0. The maximum absolute atomic E-state index is 12.7. The van der Waals surface area contributed by atoms with Crippen molar-refractivity contribution in [2.45, 2.75) is 11.8 Å². The highest BCUT2D eigenvalue weighted by Gasteiger charge is 2.19. The number of hydrogen-bond acceptors (Lipinski definition) is 7. The Morgan fingerprint density at radius 2 is 1.38 bits per heavy atom. The Bertz CT molecular complexity index is 1010. The molecule has 1 N–H and O–H groups in total. The highest BCUT2D eigenvalue weighted by molar-refractivity contribution is 7.92. The van der Waals surface area contributed by atoms with Gasteiger partial charge in [0.1, 0.15) is 0 Å². The number of carbonyl (C=O) groups excluding carboxylic acids is 3. The van der Waals surface area contributed by atoms with Crippen molar-refractivity contribution >= 4 is 39.2 Å². The number of nitrogens with zero attached hydrogens (tertiary/aromatic N) is 1. The molecule has 2 aromatic rings. The van der Waals surface area contributed by atoms with Crippen LogP contribution < -0.4 is 9.62 Å². The van der Waals surface area contributed by atoms with Crippen LogP contribution in [0.3, 0.4) is 0 Å². The Morgan fingerprint density at radius 3 is 1.79 bits per heavy atom. The SMILES string of the molecule is COC(=O)c1cc(NS(=O)(=O)c2ccc(N(C)C(C)=O)cc2)cc(C(=O)OC)c1. The summed E-state index contributed by atoms with van der Waals surface area (Å²) in [6.45, 7) is 1.39. The molecule has 0 aliphatic heterocycles. The molecule has 0 spiro atoms. The number of carbonyl (C=O) groups is 3. The van der Waals surface area contributed by atoms with Gasteiger partial charge in [0, 0.05) is 19.7 Å². The first-order valence-electron chi connectivity index (χ1n) is 8.28. The van der Waals surface area contributed by atoms with E-state index in [0.29, 0.717) is 5.69 Å². The number of hydrogen-bond donors (Lipinski definition) is 1. The maximum atomic E-state index is 12.7. The van der Waals surface area contributed by atoms with Crippen molar-refractivity contribution in [3.8, 4) is 0 Å². The Hall–Kier alpha value is -3.40. The van der Waals surface area contributed by atoms with Gasteiger partial charge in [-0.1, -0.05) is 0 Å². The second-order valence-electron chi connectivity index (χ2n) is 5.96. The smallest absolute Gasteiger partial charge is 0.337 e. The topological polar surface area (TPSA) is 119 Å². The van der Waals surface area contributed by atoms with Crippen molar-refractivity contribution in [2.24, 2.45) is 0 Å². The van der Waals surface area contributed by atoms with Crippen LogP contribution in [0.15, 0.2) is 47.4 Å². The lowest BCUT2D eigenvalue weighted by Gasteiger charge is -2.15. The van der Waals surface area contributed by atoms with Gasteiger partial charge in [-0.05, 0) is 42.5 Å². The van der Waals surface area contributed by atoms with Crippen molar-refractivity contribution in [1.29, 1.82) is 0 Å². The standard InChI is InChI=1S/C19H20N2O7S/c1-12(22)21(2)16-5-7-17(8-6-16)29(25,26)20-15-10-13(18(23)27-3)9-14(11-15)19(24)28-4/h5-11,20H,1-4H3. The molecular weight excluding hydrogens is 400 g/mol. The first-order valence-corrected chi connectivity index (χ1v) is 9.76. The summed E-state index contributed by atoms with van der Waals surface area (Å²) in [5.74, 6) is -1.69. The van der Waals surface area contributed by atoms with Crippen LogP contribution in [0.2, 0.25) is 0 Å². The minimum absolute atomic E-state index is 0.0155. The molecule has 0 aliphatic rings. The largest absolute Gasteiger partial charge is 0.465 e. The third-order valence-corrected chi connectivity index (χ3v) is 5.43. The normalized spacial score (nSPS) is 10.8. The van der Waals surface area contributed by atoms with E-state index in [0.717, 1.165) is 14.2 Å². The molecule has 2 rings (SSSR count). The number of amides is 1. The van der Waals surface area contributed by atoms with Gasteiger partial charge >= 0.3 is 11.9 Å². The molecule has 0 bridgehead atoms. The van der Waals surface area contributed by atoms with Gasteiger partial charge in [0.05, 0.1) is 35.9 Å². The summed E-state index contributed by atoms with van der Waals surface area (Å²) in [4.78, 5) is 36.4. The van der Waals surface area contributed by atoms with E-state index in [2.05, 4.69) is 14.2 Å². The minimum Gasteiger partial charge on any atom is -0.465 e. The lowest BCUT2D eigenvalue weighted by molar-refractivity contribution is -0.116. The number of esters is 2. The molecule has 0 radical (unpaired) electrons. The third kappa shape index (κ3) is 5.11. The first-order chi connectivity index (χ1) is 13.6. The molecule has 0 saturated carbocycles. The molecule has 0 heterocycles. The van der Waals surface area contributed by atoms with Gasteiger partial charge in [-0.25, -0.2) is 18.0 Å². The average molecular weight is 420 g/mol. The van der Waals surface area contributed by atoms with Crippen molar-refractivity contribution in [3.63, 3.8) is 0 Å². The average Bonchev–Trinajstić information content (AvgIpc) is 2.71. The Kier molecular flexibility index (Phi) is 6.60. The number of sulfonamides is 1. The molecule has 29 heavy (non-hydrogen) atoms. The molecule has 154 valence electrons. The zero-order chi connectivity index (χ0) is 21.8. The summed E-state index contributed by atoms with van der Waals surface area (Å²) >= 11 is 0. The number of rotatable bonds is 6. The lowest BCUT2D eigenvalue weighted by Crippen LogP contribution is -2.22. The van der Waals surface area contributed by atoms with Crippen LogP contribution in [0.4, 0.5) is 11.4 Å². The zero-order valence-electron chi connectivity index (χ0n) is 16.3. The number of ether oxygens (including phenoxy) is 2. The lowest BCUT2D eigenvalue weighted by atomic mass is 10.1. The second kappa shape index (κ2) is 8.74. The zero-order valence-corrected chi connectivity index (χ0v) is 17.1. The van der Waals surface area contributed by atoms with E-state index in [9.17, 15) is 22.8 Å². The highest BCUT2D eigenvalue weighted by atomic mass is 32.2. The summed E-state index contributed by atoms with van der Waals surface area (Å²) in [7, 11) is -0.139. The van der Waals surface area contributed by atoms with E-state index < -0.39 is 22.0 Å². The van der Waals surface area contributed by atoms with Crippen molar-refractivity contribution < 1.29 is 32.3 Å². The molecule has 0 saturated heterocycles. The van der Waals surface area contributed by atoms with Crippen LogP contribution >= 0.6 is 0 Å². The quantitative estimate of drug-likeness (QED) is 0.710. The predicted octanol–water partition coefficient (Wildman–Crippen LogP) is 2.04. The van der Waals surface area contributed by atoms with Crippen LogP contribution in [0.1, 0.15) is 27.6 Å². The highest BCUT2D eigenvalue weighted by Crippen LogP contribution is 2.22. The van der Waals surface area contributed by atoms with E-state index >= 15 is 0 Å². The van der Waals surface area contributed by atoms with Crippen molar-refractivity contribution in [1.82, 2.24) is 0 Å². The molecule has 2 aromatic carbocycles. The molecule has 0 aliphatic carbocycles. The van der Waals surface area contributed by atoms with Crippen LogP contribution in [-0.2, 0) is 24.3 Å². The molecule has 0 atom stereocenters.